The number of nitrogens with one attached hydrogen (secondary N) is 2. The predicted octanol–water partition coefficient (Wildman–Crippen LogP) is 0.102. The Morgan fingerprint density at radius 3 is 2.90 bits per heavy atom. The van der Waals surface area contributed by atoms with E-state index in [-0.39, 0.29) is 31.2 Å². The van der Waals surface area contributed by atoms with Crippen LogP contribution >= 0.6 is 0 Å². The molecule has 20 heavy (non-hydrogen) atoms. The van der Waals surface area contributed by atoms with E-state index in [1.165, 1.54) is 6.92 Å². The van der Waals surface area contributed by atoms with Crippen LogP contribution in [0.4, 0.5) is 5.69 Å². The summed E-state index contributed by atoms with van der Waals surface area (Å²) in [5.41, 5.74) is 1.91. The van der Waals surface area contributed by atoms with Gasteiger partial charge in [-0.3, -0.25) is 9.59 Å². The molecule has 0 saturated heterocycles. The fourth-order valence-corrected chi connectivity index (χ4v) is 2.28. The molecule has 6 heteroatoms. The van der Waals surface area contributed by atoms with Gasteiger partial charge in [0.25, 0.3) is 0 Å². The maximum absolute atomic E-state index is 11.4. The number of amides is 2. The number of anilines is 1. The number of hydrogen-bond acceptors (Lipinski definition) is 4. The van der Waals surface area contributed by atoms with E-state index in [1.54, 1.807) is 12.1 Å². The molecule has 2 unspecified atom stereocenters. The number of hydrogen-bond donors (Lipinski definition) is 4. The monoisotopic (exact) mass is 278 g/mol. The van der Waals surface area contributed by atoms with E-state index in [2.05, 4.69) is 10.6 Å². The molecule has 0 aromatic heterocycles. The molecular formula is C14H18N2O4. The average molecular weight is 278 g/mol. The minimum absolute atomic E-state index is 0.118. The quantitative estimate of drug-likeness (QED) is 0.614. The van der Waals surface area contributed by atoms with Gasteiger partial charge < -0.3 is 20.8 Å². The maximum Gasteiger partial charge on any atom is 0.228 e. The molecule has 0 fully saturated rings. The van der Waals surface area contributed by atoms with Crippen LogP contribution < -0.4 is 10.6 Å². The number of benzene rings is 1. The lowest BCUT2D eigenvalue weighted by molar-refractivity contribution is -0.119. The normalized spacial score (nSPS) is 16.2. The second-order valence-corrected chi connectivity index (χ2v) is 4.89. The largest absolute Gasteiger partial charge is 0.390 e. The highest BCUT2D eigenvalue weighted by molar-refractivity contribution is 6.00. The lowest BCUT2D eigenvalue weighted by atomic mass is 9.98. The molecule has 1 aromatic carbocycles. The van der Waals surface area contributed by atoms with Crippen molar-refractivity contribution in [1.82, 2.24) is 5.32 Å². The molecule has 2 amide bonds. The summed E-state index contributed by atoms with van der Waals surface area (Å²) < 4.78 is 0. The molecule has 4 N–H and O–H groups in total. The van der Waals surface area contributed by atoms with Crippen LogP contribution in [0.2, 0.25) is 0 Å². The van der Waals surface area contributed by atoms with Gasteiger partial charge in [0, 0.05) is 19.0 Å². The van der Waals surface area contributed by atoms with Crippen LogP contribution in [0.3, 0.4) is 0 Å². The second kappa shape index (κ2) is 6.02. The highest BCUT2D eigenvalue weighted by Crippen LogP contribution is 2.33. The first-order valence-electron chi connectivity index (χ1n) is 6.51. The van der Waals surface area contributed by atoms with Crippen LogP contribution in [-0.2, 0) is 16.0 Å². The molecule has 2 rings (SSSR count). The summed E-state index contributed by atoms with van der Waals surface area (Å²) in [4.78, 5) is 22.1. The Kier molecular flexibility index (Phi) is 4.36. The molecule has 0 saturated carbocycles. The van der Waals surface area contributed by atoms with Crippen molar-refractivity contribution in [1.29, 1.82) is 0 Å². The van der Waals surface area contributed by atoms with Gasteiger partial charge in [0.2, 0.25) is 11.8 Å². The Hall–Kier alpha value is -1.92. The molecule has 6 nitrogen and oxygen atoms in total. The molecule has 0 radical (unpaired) electrons. The highest BCUT2D eigenvalue weighted by atomic mass is 16.3. The summed E-state index contributed by atoms with van der Waals surface area (Å²) in [6, 6.07) is 5.24. The molecular weight excluding hydrogens is 260 g/mol. The SMILES string of the molecule is CC(=O)NCCC(O)C(O)c1cccc2c1NC(=O)C2. The number of aliphatic hydroxyl groups excluding tert-OH is 2. The Labute approximate surface area is 116 Å². The van der Waals surface area contributed by atoms with Crippen molar-refractivity contribution < 1.29 is 19.8 Å². The third-order valence-electron chi connectivity index (χ3n) is 3.30. The molecule has 2 atom stereocenters. The summed E-state index contributed by atoms with van der Waals surface area (Å²) in [5.74, 6) is -0.299. The average Bonchev–Trinajstić information content (AvgIpc) is 2.77. The van der Waals surface area contributed by atoms with Gasteiger partial charge in [0.05, 0.1) is 18.2 Å². The van der Waals surface area contributed by atoms with E-state index in [0.29, 0.717) is 11.3 Å². The smallest absolute Gasteiger partial charge is 0.228 e. The number of rotatable bonds is 5. The van der Waals surface area contributed by atoms with Gasteiger partial charge in [-0.2, -0.15) is 0 Å². The predicted molar refractivity (Wildman–Crippen MR) is 73.0 cm³/mol. The fraction of sp³-hybridized carbons (Fsp3) is 0.429. The number of para-hydroxylation sites is 1. The highest BCUT2D eigenvalue weighted by Gasteiger charge is 2.26. The lowest BCUT2D eigenvalue weighted by Crippen LogP contribution is -2.28. The molecule has 0 aliphatic carbocycles. The molecule has 0 spiro atoms. The van der Waals surface area contributed by atoms with E-state index in [9.17, 15) is 19.8 Å². The zero-order valence-corrected chi connectivity index (χ0v) is 11.2. The Bertz CT molecular complexity index is 530. The third kappa shape index (κ3) is 3.15. The van der Waals surface area contributed by atoms with Crippen LogP contribution in [0.15, 0.2) is 18.2 Å². The van der Waals surface area contributed by atoms with E-state index in [0.717, 1.165) is 5.56 Å². The topological polar surface area (TPSA) is 98.7 Å². The molecule has 108 valence electrons. The summed E-state index contributed by atoms with van der Waals surface area (Å²) in [5, 5.41) is 25.4. The van der Waals surface area contributed by atoms with Gasteiger partial charge >= 0.3 is 0 Å². The van der Waals surface area contributed by atoms with Gasteiger partial charge in [-0.25, -0.2) is 0 Å². The lowest BCUT2D eigenvalue weighted by Gasteiger charge is -2.20. The Balaban J connectivity index is 2.06. The van der Waals surface area contributed by atoms with E-state index >= 15 is 0 Å². The van der Waals surface area contributed by atoms with Crippen molar-refractivity contribution in [3.63, 3.8) is 0 Å². The van der Waals surface area contributed by atoms with Crippen molar-refractivity contribution in [3.8, 4) is 0 Å². The van der Waals surface area contributed by atoms with Crippen molar-refractivity contribution in [2.24, 2.45) is 0 Å². The molecule has 0 bridgehead atoms. The van der Waals surface area contributed by atoms with Crippen LogP contribution in [0.5, 0.6) is 0 Å². The number of carbonyl (C=O) groups excluding carboxylic acids is 2. The van der Waals surface area contributed by atoms with Crippen molar-refractivity contribution >= 4 is 17.5 Å². The number of aliphatic hydroxyl groups is 2. The van der Waals surface area contributed by atoms with E-state index in [4.69, 9.17) is 0 Å². The molecule has 1 aliphatic rings. The first kappa shape index (κ1) is 14.5. The van der Waals surface area contributed by atoms with Crippen molar-refractivity contribution in [2.45, 2.75) is 32.0 Å². The summed E-state index contributed by atoms with van der Waals surface area (Å²) in [7, 11) is 0. The molecule has 1 aliphatic heterocycles. The van der Waals surface area contributed by atoms with Crippen molar-refractivity contribution in [2.75, 3.05) is 11.9 Å². The third-order valence-corrected chi connectivity index (χ3v) is 3.30. The first-order valence-corrected chi connectivity index (χ1v) is 6.51. The fourth-order valence-electron chi connectivity index (χ4n) is 2.28. The van der Waals surface area contributed by atoms with E-state index < -0.39 is 12.2 Å². The van der Waals surface area contributed by atoms with Gasteiger partial charge in [-0.1, -0.05) is 18.2 Å². The summed E-state index contributed by atoms with van der Waals surface area (Å²) >= 11 is 0. The van der Waals surface area contributed by atoms with Gasteiger partial charge in [0.15, 0.2) is 0 Å². The van der Waals surface area contributed by atoms with Crippen LogP contribution in [0.25, 0.3) is 0 Å². The Morgan fingerprint density at radius 2 is 2.20 bits per heavy atom. The minimum atomic E-state index is -1.10. The second-order valence-electron chi connectivity index (χ2n) is 4.89. The number of carbonyl (C=O) groups is 2. The summed E-state index contributed by atoms with van der Waals surface area (Å²) in [6.07, 6.45) is -1.58. The van der Waals surface area contributed by atoms with Gasteiger partial charge in [0.1, 0.15) is 6.10 Å². The van der Waals surface area contributed by atoms with E-state index in [1.807, 2.05) is 6.07 Å². The maximum atomic E-state index is 11.4. The summed E-state index contributed by atoms with van der Waals surface area (Å²) in [6.45, 7) is 1.68. The number of fused-ring (bicyclic) bond motifs is 1. The van der Waals surface area contributed by atoms with Crippen molar-refractivity contribution in [3.05, 3.63) is 29.3 Å². The Morgan fingerprint density at radius 1 is 1.45 bits per heavy atom. The van der Waals surface area contributed by atoms with Crippen LogP contribution in [0, 0.1) is 0 Å². The minimum Gasteiger partial charge on any atom is -0.390 e. The zero-order chi connectivity index (χ0) is 14.7. The van der Waals surface area contributed by atoms with Gasteiger partial charge in [-0.15, -0.1) is 0 Å². The zero-order valence-electron chi connectivity index (χ0n) is 11.2. The molecule has 1 aromatic rings. The first-order chi connectivity index (χ1) is 9.49. The van der Waals surface area contributed by atoms with Gasteiger partial charge in [-0.05, 0) is 12.0 Å². The molecule has 1 heterocycles. The van der Waals surface area contributed by atoms with Crippen LogP contribution in [0.1, 0.15) is 30.6 Å². The standard InChI is InChI=1S/C14H18N2O4/c1-8(17)15-6-5-11(18)14(20)10-4-2-3-9-7-12(19)16-13(9)10/h2-4,11,14,18,20H,5-7H2,1H3,(H,15,17)(H,16,19). The van der Waals surface area contributed by atoms with Crippen LogP contribution in [-0.4, -0.2) is 34.7 Å².